The summed E-state index contributed by atoms with van der Waals surface area (Å²) in [6.07, 6.45) is 3.54. The molecule has 18 heavy (non-hydrogen) atoms. The summed E-state index contributed by atoms with van der Waals surface area (Å²) in [4.78, 5) is 4.01. The van der Waals surface area contributed by atoms with E-state index in [1.165, 1.54) is 6.07 Å². The SMILES string of the molecule is Br.Br.Fc1ccccc1CNCc1cccnc1. The van der Waals surface area contributed by atoms with Crippen molar-refractivity contribution in [3.8, 4) is 0 Å². The van der Waals surface area contributed by atoms with Crippen LogP contribution >= 0.6 is 34.0 Å². The fraction of sp³-hybridized carbons (Fsp3) is 0.154. The van der Waals surface area contributed by atoms with Crippen molar-refractivity contribution >= 4 is 34.0 Å². The molecule has 0 aliphatic carbocycles. The van der Waals surface area contributed by atoms with Gasteiger partial charge in [0.15, 0.2) is 0 Å². The topological polar surface area (TPSA) is 24.9 Å². The van der Waals surface area contributed by atoms with Crippen LogP contribution in [0.3, 0.4) is 0 Å². The summed E-state index contributed by atoms with van der Waals surface area (Å²) in [7, 11) is 0. The highest BCUT2D eigenvalue weighted by molar-refractivity contribution is 8.93. The minimum absolute atomic E-state index is 0. The van der Waals surface area contributed by atoms with E-state index >= 15 is 0 Å². The summed E-state index contributed by atoms with van der Waals surface area (Å²) in [6.45, 7) is 1.23. The van der Waals surface area contributed by atoms with Gasteiger partial charge in [-0.15, -0.1) is 34.0 Å². The van der Waals surface area contributed by atoms with Crippen molar-refractivity contribution in [2.45, 2.75) is 13.1 Å². The number of aromatic nitrogens is 1. The maximum atomic E-state index is 13.3. The summed E-state index contributed by atoms with van der Waals surface area (Å²) < 4.78 is 13.3. The maximum Gasteiger partial charge on any atom is 0.127 e. The van der Waals surface area contributed by atoms with Crippen LogP contribution in [0.4, 0.5) is 4.39 Å². The number of hydrogen-bond acceptors (Lipinski definition) is 2. The predicted molar refractivity (Wildman–Crippen MR) is 81.8 cm³/mol. The van der Waals surface area contributed by atoms with Crippen LogP contribution in [0.15, 0.2) is 48.8 Å². The average Bonchev–Trinajstić information content (AvgIpc) is 2.33. The highest BCUT2D eigenvalue weighted by Gasteiger charge is 1.99. The first-order valence-electron chi connectivity index (χ1n) is 5.19. The molecular formula is C13H15Br2FN2. The Morgan fingerprint density at radius 3 is 2.44 bits per heavy atom. The number of benzene rings is 1. The molecule has 1 aromatic carbocycles. The summed E-state index contributed by atoms with van der Waals surface area (Å²) in [6, 6.07) is 10.7. The van der Waals surface area contributed by atoms with E-state index in [-0.39, 0.29) is 39.8 Å². The lowest BCUT2D eigenvalue weighted by atomic mass is 10.2. The second-order valence-corrected chi connectivity index (χ2v) is 3.56. The van der Waals surface area contributed by atoms with E-state index < -0.39 is 0 Å². The molecule has 1 N–H and O–H groups in total. The highest BCUT2D eigenvalue weighted by atomic mass is 79.9. The fourth-order valence-electron chi connectivity index (χ4n) is 1.49. The van der Waals surface area contributed by atoms with Crippen LogP contribution in [0.5, 0.6) is 0 Å². The first kappa shape index (κ1) is 17.2. The molecule has 0 aliphatic rings. The van der Waals surface area contributed by atoms with Crippen LogP contribution in [-0.4, -0.2) is 4.98 Å². The monoisotopic (exact) mass is 376 g/mol. The third kappa shape index (κ3) is 5.25. The third-order valence-electron chi connectivity index (χ3n) is 2.33. The van der Waals surface area contributed by atoms with Crippen LogP contribution < -0.4 is 5.32 Å². The zero-order valence-corrected chi connectivity index (χ0v) is 13.1. The Morgan fingerprint density at radius 1 is 1.00 bits per heavy atom. The van der Waals surface area contributed by atoms with E-state index in [1.54, 1.807) is 24.5 Å². The Morgan fingerprint density at radius 2 is 1.78 bits per heavy atom. The second-order valence-electron chi connectivity index (χ2n) is 3.56. The van der Waals surface area contributed by atoms with Crippen molar-refractivity contribution in [3.05, 3.63) is 65.7 Å². The number of pyridine rings is 1. The minimum Gasteiger partial charge on any atom is -0.308 e. The molecule has 2 aromatic rings. The van der Waals surface area contributed by atoms with Crippen molar-refractivity contribution in [1.29, 1.82) is 0 Å². The maximum absolute atomic E-state index is 13.3. The Bertz CT molecular complexity index is 452. The third-order valence-corrected chi connectivity index (χ3v) is 2.33. The average molecular weight is 378 g/mol. The van der Waals surface area contributed by atoms with Crippen molar-refractivity contribution < 1.29 is 4.39 Å². The Balaban J connectivity index is 0.00000144. The van der Waals surface area contributed by atoms with Gasteiger partial charge < -0.3 is 5.32 Å². The van der Waals surface area contributed by atoms with E-state index in [0.717, 1.165) is 5.56 Å². The number of hydrogen-bond donors (Lipinski definition) is 1. The summed E-state index contributed by atoms with van der Waals surface area (Å²) >= 11 is 0. The van der Waals surface area contributed by atoms with Crippen LogP contribution in [0.25, 0.3) is 0 Å². The van der Waals surface area contributed by atoms with Gasteiger partial charge in [0.2, 0.25) is 0 Å². The Labute approximate surface area is 127 Å². The summed E-state index contributed by atoms with van der Waals surface area (Å²) in [5.41, 5.74) is 1.78. The van der Waals surface area contributed by atoms with Crippen LogP contribution in [0.1, 0.15) is 11.1 Å². The van der Waals surface area contributed by atoms with E-state index in [1.807, 2.05) is 18.2 Å². The van der Waals surface area contributed by atoms with E-state index in [0.29, 0.717) is 18.7 Å². The van der Waals surface area contributed by atoms with E-state index in [2.05, 4.69) is 10.3 Å². The second kappa shape index (κ2) is 9.19. The van der Waals surface area contributed by atoms with Gasteiger partial charge in [0, 0.05) is 31.0 Å². The van der Waals surface area contributed by atoms with Crippen LogP contribution in [-0.2, 0) is 13.1 Å². The molecule has 0 unspecified atom stereocenters. The largest absolute Gasteiger partial charge is 0.308 e. The zero-order chi connectivity index (χ0) is 11.2. The van der Waals surface area contributed by atoms with Crippen molar-refractivity contribution in [2.75, 3.05) is 0 Å². The van der Waals surface area contributed by atoms with Crippen molar-refractivity contribution in [3.63, 3.8) is 0 Å². The lowest BCUT2D eigenvalue weighted by molar-refractivity contribution is 0.588. The molecule has 0 bridgehead atoms. The van der Waals surface area contributed by atoms with Gasteiger partial charge >= 0.3 is 0 Å². The molecule has 2 nitrogen and oxygen atoms in total. The lowest BCUT2D eigenvalue weighted by Crippen LogP contribution is -2.13. The smallest absolute Gasteiger partial charge is 0.127 e. The molecule has 1 aromatic heterocycles. The molecule has 0 saturated heterocycles. The highest BCUT2D eigenvalue weighted by Crippen LogP contribution is 2.05. The number of nitrogens with zero attached hydrogens (tertiary/aromatic N) is 1. The molecule has 0 saturated carbocycles. The molecule has 5 heteroatoms. The van der Waals surface area contributed by atoms with Gasteiger partial charge in [-0.05, 0) is 17.7 Å². The lowest BCUT2D eigenvalue weighted by Gasteiger charge is -2.05. The number of nitrogens with one attached hydrogen (secondary N) is 1. The molecule has 2 rings (SSSR count). The number of halogens is 3. The van der Waals surface area contributed by atoms with Crippen molar-refractivity contribution in [1.82, 2.24) is 10.3 Å². The first-order chi connectivity index (χ1) is 7.86. The predicted octanol–water partition coefficient (Wildman–Crippen LogP) is 3.67. The molecular weight excluding hydrogens is 363 g/mol. The summed E-state index contributed by atoms with van der Waals surface area (Å²) in [5, 5.41) is 3.18. The van der Waals surface area contributed by atoms with Crippen molar-refractivity contribution in [2.24, 2.45) is 0 Å². The van der Waals surface area contributed by atoms with E-state index in [9.17, 15) is 4.39 Å². The Hall–Kier alpha value is -0.780. The molecule has 1 heterocycles. The van der Waals surface area contributed by atoms with Crippen LogP contribution in [0.2, 0.25) is 0 Å². The van der Waals surface area contributed by atoms with Gasteiger partial charge in [-0.1, -0.05) is 24.3 Å². The normalized spacial score (nSPS) is 9.17. The minimum atomic E-state index is -0.166. The molecule has 0 radical (unpaired) electrons. The van der Waals surface area contributed by atoms with Gasteiger partial charge in [-0.2, -0.15) is 0 Å². The van der Waals surface area contributed by atoms with E-state index in [4.69, 9.17) is 0 Å². The van der Waals surface area contributed by atoms with Crippen LogP contribution in [0, 0.1) is 5.82 Å². The first-order valence-corrected chi connectivity index (χ1v) is 5.19. The molecule has 0 fully saturated rings. The van der Waals surface area contributed by atoms with Gasteiger partial charge in [0.1, 0.15) is 5.82 Å². The quantitative estimate of drug-likeness (QED) is 0.879. The Kier molecular flexibility index (Phi) is 8.79. The van der Waals surface area contributed by atoms with Gasteiger partial charge in [-0.3, -0.25) is 4.98 Å². The molecule has 0 spiro atoms. The van der Waals surface area contributed by atoms with Gasteiger partial charge in [0.05, 0.1) is 0 Å². The fourth-order valence-corrected chi connectivity index (χ4v) is 1.49. The number of rotatable bonds is 4. The summed E-state index contributed by atoms with van der Waals surface area (Å²) in [5.74, 6) is -0.166. The van der Waals surface area contributed by atoms with Gasteiger partial charge in [-0.25, -0.2) is 4.39 Å². The molecule has 0 amide bonds. The standard InChI is InChI=1S/C13H13FN2.2BrH/c14-13-6-2-1-5-12(13)10-16-9-11-4-3-7-15-8-11;;/h1-8,16H,9-10H2;2*1H. The molecule has 0 atom stereocenters. The zero-order valence-electron chi connectivity index (χ0n) is 9.67. The molecule has 98 valence electrons. The van der Waals surface area contributed by atoms with Gasteiger partial charge in [0.25, 0.3) is 0 Å². The molecule has 0 aliphatic heterocycles.